The monoisotopic (exact) mass is 266 g/mol. The second kappa shape index (κ2) is 6.35. The van der Waals surface area contributed by atoms with Crippen LogP contribution in [0.1, 0.15) is 42.5 Å². The molecule has 2 unspecified atom stereocenters. The van der Waals surface area contributed by atoms with E-state index >= 15 is 0 Å². The Morgan fingerprint density at radius 3 is 2.39 bits per heavy atom. The number of Topliss-reactive ketones (excluding diaryl/α,β-unsaturated/α-hetero) is 1. The van der Waals surface area contributed by atoms with Crippen molar-refractivity contribution in [2.75, 3.05) is 0 Å². The van der Waals surface area contributed by atoms with E-state index in [0.717, 1.165) is 25.7 Å². The first-order valence-electron chi connectivity index (χ1n) is 6.61. The minimum atomic E-state index is -0.824. The molecule has 1 saturated carbocycles. The van der Waals surface area contributed by atoms with Crippen LogP contribution in [0.15, 0.2) is 30.3 Å². The smallest absolute Gasteiger partial charge is 0.183 e. The van der Waals surface area contributed by atoms with Gasteiger partial charge in [-0.15, -0.1) is 11.6 Å². The number of benzene rings is 1. The van der Waals surface area contributed by atoms with Gasteiger partial charge in [0.25, 0.3) is 0 Å². The van der Waals surface area contributed by atoms with Crippen molar-refractivity contribution < 1.29 is 9.90 Å². The van der Waals surface area contributed by atoms with Crippen molar-refractivity contribution >= 4 is 17.4 Å². The Kier molecular flexibility index (Phi) is 4.79. The molecule has 0 bridgehead atoms. The number of carbonyl (C=O) groups excluding carboxylic acids is 1. The summed E-state index contributed by atoms with van der Waals surface area (Å²) in [6.07, 6.45) is 4.72. The molecule has 0 aromatic heterocycles. The third kappa shape index (κ3) is 3.12. The van der Waals surface area contributed by atoms with Gasteiger partial charge in [0.15, 0.2) is 5.78 Å². The molecule has 0 radical (unpaired) electrons. The van der Waals surface area contributed by atoms with Gasteiger partial charge in [-0.05, 0) is 18.8 Å². The molecular weight excluding hydrogens is 248 g/mol. The third-order valence-electron chi connectivity index (χ3n) is 3.74. The van der Waals surface area contributed by atoms with Gasteiger partial charge >= 0.3 is 0 Å². The molecule has 1 aliphatic rings. The van der Waals surface area contributed by atoms with Crippen LogP contribution in [0.4, 0.5) is 0 Å². The van der Waals surface area contributed by atoms with E-state index in [1.807, 2.05) is 18.2 Å². The standard InChI is InChI=1S/C15H19ClO2/c16-13(14(17)11-7-3-1-4-8-11)15(18)12-9-5-2-6-10-12/h1,3-4,7-8,12-13,15,18H,2,5-6,9-10H2. The Labute approximate surface area is 113 Å². The fraction of sp³-hybridized carbons (Fsp3) is 0.533. The van der Waals surface area contributed by atoms with E-state index < -0.39 is 11.5 Å². The maximum Gasteiger partial charge on any atom is 0.183 e. The fourth-order valence-corrected chi connectivity index (χ4v) is 2.96. The van der Waals surface area contributed by atoms with Gasteiger partial charge in [0.05, 0.1) is 6.10 Å². The summed E-state index contributed by atoms with van der Waals surface area (Å²) in [5, 5.41) is 9.40. The van der Waals surface area contributed by atoms with Crippen LogP contribution in [0.2, 0.25) is 0 Å². The summed E-state index contributed by atoms with van der Waals surface area (Å²) in [5.74, 6) is 0.00394. The van der Waals surface area contributed by atoms with E-state index in [2.05, 4.69) is 0 Å². The fourth-order valence-electron chi connectivity index (χ4n) is 2.63. The average molecular weight is 267 g/mol. The van der Waals surface area contributed by atoms with Crippen molar-refractivity contribution in [3.8, 4) is 0 Å². The zero-order valence-corrected chi connectivity index (χ0v) is 11.1. The van der Waals surface area contributed by atoms with Crippen LogP contribution in [0.5, 0.6) is 0 Å². The molecule has 98 valence electrons. The van der Waals surface area contributed by atoms with Gasteiger partial charge in [-0.25, -0.2) is 0 Å². The van der Waals surface area contributed by atoms with Gasteiger partial charge in [-0.2, -0.15) is 0 Å². The number of ketones is 1. The zero-order valence-electron chi connectivity index (χ0n) is 10.4. The predicted molar refractivity (Wildman–Crippen MR) is 73.0 cm³/mol. The molecule has 3 heteroatoms. The Morgan fingerprint density at radius 2 is 1.78 bits per heavy atom. The number of aliphatic hydroxyl groups is 1. The molecule has 1 aliphatic carbocycles. The molecule has 1 aromatic carbocycles. The van der Waals surface area contributed by atoms with E-state index in [1.54, 1.807) is 12.1 Å². The third-order valence-corrected chi connectivity index (χ3v) is 4.20. The number of carbonyl (C=O) groups is 1. The molecule has 1 fully saturated rings. The lowest BCUT2D eigenvalue weighted by Crippen LogP contribution is -2.36. The zero-order chi connectivity index (χ0) is 13.0. The highest BCUT2D eigenvalue weighted by molar-refractivity contribution is 6.34. The molecule has 18 heavy (non-hydrogen) atoms. The van der Waals surface area contributed by atoms with Gasteiger partial charge in [0, 0.05) is 5.56 Å². The van der Waals surface area contributed by atoms with Crippen molar-refractivity contribution in [1.82, 2.24) is 0 Å². The predicted octanol–water partition coefficient (Wildman–Crippen LogP) is 3.42. The van der Waals surface area contributed by atoms with Gasteiger partial charge in [0.1, 0.15) is 5.38 Å². The molecule has 2 nitrogen and oxygen atoms in total. The summed E-state index contributed by atoms with van der Waals surface area (Å²) in [6, 6.07) is 8.96. The van der Waals surface area contributed by atoms with E-state index in [0.29, 0.717) is 5.56 Å². The highest BCUT2D eigenvalue weighted by atomic mass is 35.5. The molecule has 0 aliphatic heterocycles. The molecule has 2 atom stereocenters. The van der Waals surface area contributed by atoms with Crippen molar-refractivity contribution in [3.05, 3.63) is 35.9 Å². The van der Waals surface area contributed by atoms with Crippen LogP contribution < -0.4 is 0 Å². The lowest BCUT2D eigenvalue weighted by molar-refractivity contribution is 0.0661. The summed E-state index contributed by atoms with van der Waals surface area (Å²) in [7, 11) is 0. The Hall–Kier alpha value is -0.860. The number of hydrogen-bond acceptors (Lipinski definition) is 2. The summed E-state index contributed by atoms with van der Waals surface area (Å²) < 4.78 is 0. The molecule has 2 rings (SSSR count). The Morgan fingerprint density at radius 1 is 1.17 bits per heavy atom. The quantitative estimate of drug-likeness (QED) is 0.670. The van der Waals surface area contributed by atoms with E-state index in [1.165, 1.54) is 6.42 Å². The van der Waals surface area contributed by atoms with Crippen molar-refractivity contribution in [2.24, 2.45) is 5.92 Å². The van der Waals surface area contributed by atoms with Crippen LogP contribution >= 0.6 is 11.6 Å². The number of rotatable bonds is 4. The Balaban J connectivity index is 2.01. The van der Waals surface area contributed by atoms with Crippen molar-refractivity contribution in [1.29, 1.82) is 0 Å². The summed E-state index contributed by atoms with van der Waals surface area (Å²) in [4.78, 5) is 12.1. The van der Waals surface area contributed by atoms with Gasteiger partial charge in [0.2, 0.25) is 0 Å². The summed E-state index contributed by atoms with van der Waals surface area (Å²) >= 11 is 6.15. The molecular formula is C15H19ClO2. The van der Waals surface area contributed by atoms with Crippen LogP contribution in [0, 0.1) is 5.92 Å². The van der Waals surface area contributed by atoms with Crippen LogP contribution in [-0.4, -0.2) is 22.4 Å². The van der Waals surface area contributed by atoms with Gasteiger partial charge in [-0.3, -0.25) is 4.79 Å². The second-order valence-electron chi connectivity index (χ2n) is 5.02. The number of aliphatic hydroxyl groups excluding tert-OH is 1. The van der Waals surface area contributed by atoms with E-state index in [-0.39, 0.29) is 11.7 Å². The molecule has 0 heterocycles. The average Bonchev–Trinajstić information content (AvgIpc) is 2.47. The molecule has 0 saturated heterocycles. The second-order valence-corrected chi connectivity index (χ2v) is 5.49. The highest BCUT2D eigenvalue weighted by Crippen LogP contribution is 2.30. The molecule has 0 amide bonds. The van der Waals surface area contributed by atoms with E-state index in [9.17, 15) is 9.90 Å². The Bertz CT molecular complexity index is 385. The maximum atomic E-state index is 12.1. The van der Waals surface area contributed by atoms with Gasteiger partial charge in [-0.1, -0.05) is 49.6 Å². The van der Waals surface area contributed by atoms with E-state index in [4.69, 9.17) is 11.6 Å². The highest BCUT2D eigenvalue weighted by Gasteiger charge is 2.32. The molecule has 0 spiro atoms. The first kappa shape index (κ1) is 13.6. The topological polar surface area (TPSA) is 37.3 Å². The first-order chi connectivity index (χ1) is 8.70. The number of halogens is 1. The van der Waals surface area contributed by atoms with Crippen LogP contribution in [0.3, 0.4) is 0 Å². The van der Waals surface area contributed by atoms with Crippen LogP contribution in [-0.2, 0) is 0 Å². The normalized spacial score (nSPS) is 20.3. The lowest BCUT2D eigenvalue weighted by atomic mass is 9.83. The lowest BCUT2D eigenvalue weighted by Gasteiger charge is -2.28. The van der Waals surface area contributed by atoms with Crippen LogP contribution in [0.25, 0.3) is 0 Å². The summed E-state index contributed by atoms with van der Waals surface area (Å²) in [6.45, 7) is 0. The number of hydrogen-bond donors (Lipinski definition) is 1. The largest absolute Gasteiger partial charge is 0.391 e. The maximum absolute atomic E-state index is 12.1. The van der Waals surface area contributed by atoms with Crippen molar-refractivity contribution in [2.45, 2.75) is 43.6 Å². The minimum absolute atomic E-state index is 0.171. The van der Waals surface area contributed by atoms with Crippen molar-refractivity contribution in [3.63, 3.8) is 0 Å². The molecule has 1 aromatic rings. The number of alkyl halides is 1. The molecule has 1 N–H and O–H groups in total. The SMILES string of the molecule is O=C(c1ccccc1)C(Cl)C(O)C1CCCCC1. The minimum Gasteiger partial charge on any atom is -0.391 e. The first-order valence-corrected chi connectivity index (χ1v) is 7.05. The summed E-state index contributed by atoms with van der Waals surface area (Å²) in [5.41, 5.74) is 0.576. The van der Waals surface area contributed by atoms with Gasteiger partial charge < -0.3 is 5.11 Å².